The van der Waals surface area contributed by atoms with Crippen molar-refractivity contribution < 1.29 is 36.3 Å². The van der Waals surface area contributed by atoms with Crippen LogP contribution < -0.4 is 5.56 Å². The molecule has 0 saturated carbocycles. The Morgan fingerprint density at radius 1 is 1.07 bits per heavy atom. The highest BCUT2D eigenvalue weighted by Gasteiger charge is 2.37. The molecule has 2 aromatic heterocycles. The molecule has 0 amide bonds. The van der Waals surface area contributed by atoms with E-state index in [-0.39, 0.29) is 23.7 Å². The smallest absolute Gasteiger partial charge is 0.417 e. The number of furan rings is 1. The Kier molecular flexibility index (Phi) is 7.64. The topological polar surface area (TPSA) is 96.2 Å². The number of pyridine rings is 1. The van der Waals surface area contributed by atoms with Gasteiger partial charge in [0.2, 0.25) is 0 Å². The lowest BCUT2D eigenvalue weighted by atomic mass is 9.94. The van der Waals surface area contributed by atoms with Gasteiger partial charge in [-0.1, -0.05) is 38.1 Å². The van der Waals surface area contributed by atoms with E-state index in [1.165, 1.54) is 18.4 Å². The molecule has 0 atom stereocenters. The zero-order valence-corrected chi connectivity index (χ0v) is 21.1. The SMILES string of the molecule is CC(C)c1cc(CC(=O)O)cc(-c2coc(-c3cc(C(F)(F)F)c(C#N)c(=O)n3Cc3ccc(F)cc3F)c2)c1. The Hall–Kier alpha value is -4.72. The number of hydrogen-bond acceptors (Lipinski definition) is 4. The summed E-state index contributed by atoms with van der Waals surface area (Å²) in [6.45, 7) is 3.20. The van der Waals surface area contributed by atoms with Crippen LogP contribution in [0.5, 0.6) is 0 Å². The maximum absolute atomic E-state index is 14.4. The highest BCUT2D eigenvalue weighted by Crippen LogP contribution is 2.36. The molecule has 0 radical (unpaired) electrons. The normalized spacial score (nSPS) is 11.6. The van der Waals surface area contributed by atoms with E-state index in [4.69, 9.17) is 4.42 Å². The summed E-state index contributed by atoms with van der Waals surface area (Å²) in [6, 6.07) is 10.9. The molecule has 0 aliphatic carbocycles. The van der Waals surface area contributed by atoms with Gasteiger partial charge in [0.15, 0.2) is 5.76 Å². The van der Waals surface area contributed by atoms with Gasteiger partial charge in [0.1, 0.15) is 23.3 Å². The number of carboxylic acid groups (broad SMARTS) is 1. The first-order valence-electron chi connectivity index (χ1n) is 11.9. The Bertz CT molecular complexity index is 1710. The van der Waals surface area contributed by atoms with Crippen molar-refractivity contribution >= 4 is 5.97 Å². The lowest BCUT2D eigenvalue weighted by Gasteiger charge is -2.16. The van der Waals surface area contributed by atoms with Gasteiger partial charge in [0.05, 0.1) is 30.5 Å². The van der Waals surface area contributed by atoms with Crippen molar-refractivity contribution in [3.8, 4) is 28.7 Å². The second kappa shape index (κ2) is 10.8. The molecule has 0 fully saturated rings. The predicted octanol–water partition coefficient (Wildman–Crippen LogP) is 6.74. The molecule has 0 aliphatic heterocycles. The summed E-state index contributed by atoms with van der Waals surface area (Å²) in [7, 11) is 0. The predicted molar refractivity (Wildman–Crippen MR) is 134 cm³/mol. The second-order valence-electron chi connectivity index (χ2n) is 9.44. The Balaban J connectivity index is 1.92. The third-order valence-electron chi connectivity index (χ3n) is 6.28. The monoisotopic (exact) mass is 556 g/mol. The Morgan fingerprint density at radius 3 is 2.40 bits per heavy atom. The number of aromatic nitrogens is 1. The van der Waals surface area contributed by atoms with Crippen molar-refractivity contribution in [3.63, 3.8) is 0 Å². The molecule has 4 rings (SSSR count). The summed E-state index contributed by atoms with van der Waals surface area (Å²) in [6.07, 6.45) is -4.09. The number of alkyl halides is 3. The van der Waals surface area contributed by atoms with Crippen LogP contribution in [0.1, 0.15) is 47.6 Å². The van der Waals surface area contributed by atoms with Gasteiger partial charge in [0, 0.05) is 17.2 Å². The van der Waals surface area contributed by atoms with E-state index in [1.54, 1.807) is 18.2 Å². The lowest BCUT2D eigenvalue weighted by Crippen LogP contribution is -2.29. The largest absolute Gasteiger partial charge is 0.481 e. The first kappa shape index (κ1) is 28.3. The van der Waals surface area contributed by atoms with Gasteiger partial charge in [-0.25, -0.2) is 8.78 Å². The third kappa shape index (κ3) is 5.81. The molecule has 11 heteroatoms. The highest BCUT2D eigenvalue weighted by atomic mass is 19.4. The average molecular weight is 556 g/mol. The lowest BCUT2D eigenvalue weighted by molar-refractivity contribution is -0.138. The Labute approximate surface area is 224 Å². The molecular formula is C29H21F5N2O4. The number of nitriles is 1. The van der Waals surface area contributed by atoms with Crippen LogP contribution in [0.25, 0.3) is 22.6 Å². The van der Waals surface area contributed by atoms with Crippen LogP contribution in [0.4, 0.5) is 22.0 Å². The van der Waals surface area contributed by atoms with Gasteiger partial charge in [-0.15, -0.1) is 0 Å². The van der Waals surface area contributed by atoms with Crippen molar-refractivity contribution in [2.24, 2.45) is 0 Å². The quantitative estimate of drug-likeness (QED) is 0.254. The molecule has 0 bridgehead atoms. The molecule has 4 aromatic rings. The molecule has 0 unspecified atom stereocenters. The van der Waals surface area contributed by atoms with Crippen LogP contribution in [0, 0.1) is 23.0 Å². The summed E-state index contributed by atoms with van der Waals surface area (Å²) in [4.78, 5) is 24.4. The van der Waals surface area contributed by atoms with E-state index in [0.29, 0.717) is 28.8 Å². The van der Waals surface area contributed by atoms with E-state index in [1.807, 2.05) is 13.8 Å². The van der Waals surface area contributed by atoms with Crippen molar-refractivity contribution in [1.29, 1.82) is 5.26 Å². The second-order valence-corrected chi connectivity index (χ2v) is 9.44. The molecule has 2 aromatic carbocycles. The molecule has 206 valence electrons. The molecular weight excluding hydrogens is 535 g/mol. The van der Waals surface area contributed by atoms with Crippen LogP contribution in [0.3, 0.4) is 0 Å². The number of carboxylic acids is 1. The number of benzene rings is 2. The number of nitrogens with zero attached hydrogens (tertiary/aromatic N) is 2. The summed E-state index contributed by atoms with van der Waals surface area (Å²) >= 11 is 0. The highest BCUT2D eigenvalue weighted by molar-refractivity contribution is 5.74. The van der Waals surface area contributed by atoms with E-state index in [0.717, 1.165) is 22.3 Å². The molecule has 2 heterocycles. The van der Waals surface area contributed by atoms with Crippen molar-refractivity contribution in [3.05, 3.63) is 105 Å². The van der Waals surface area contributed by atoms with E-state index >= 15 is 0 Å². The fourth-order valence-electron chi connectivity index (χ4n) is 4.28. The minimum absolute atomic E-state index is 0.0301. The van der Waals surface area contributed by atoms with Crippen LogP contribution in [0.2, 0.25) is 0 Å². The fraction of sp³-hybridized carbons (Fsp3) is 0.207. The number of carbonyl (C=O) groups is 1. The molecule has 1 N–H and O–H groups in total. The van der Waals surface area contributed by atoms with Gasteiger partial charge >= 0.3 is 12.1 Å². The standard InChI is InChI=1S/C29H21F5N2O4/c1-15(2)18-5-16(7-27(37)38)6-19(8-18)20-9-26(40-14-20)25-11-23(29(32,33)34)22(12-35)28(39)36(25)13-17-3-4-21(30)10-24(17)31/h3-6,8-11,14-15H,7,13H2,1-2H3,(H,37,38). The number of halogens is 5. The summed E-state index contributed by atoms with van der Waals surface area (Å²) < 4.78 is 75.7. The maximum Gasteiger partial charge on any atom is 0.417 e. The molecule has 0 spiro atoms. The Morgan fingerprint density at radius 2 is 1.80 bits per heavy atom. The molecule has 0 aliphatic rings. The third-order valence-corrected chi connectivity index (χ3v) is 6.28. The van der Waals surface area contributed by atoms with Crippen LogP contribution in [-0.4, -0.2) is 15.6 Å². The number of rotatable bonds is 7. The zero-order chi connectivity index (χ0) is 29.4. The zero-order valence-electron chi connectivity index (χ0n) is 21.1. The summed E-state index contributed by atoms with van der Waals surface area (Å²) in [5.74, 6) is -3.13. The number of aliphatic carboxylic acids is 1. The van der Waals surface area contributed by atoms with Crippen molar-refractivity contribution in [2.45, 2.75) is 38.9 Å². The number of hydrogen-bond donors (Lipinski definition) is 1. The van der Waals surface area contributed by atoms with E-state index in [9.17, 15) is 41.9 Å². The molecule has 6 nitrogen and oxygen atoms in total. The average Bonchev–Trinajstić information content (AvgIpc) is 3.35. The first-order valence-corrected chi connectivity index (χ1v) is 11.9. The minimum atomic E-state index is -5.06. The maximum atomic E-state index is 14.4. The van der Waals surface area contributed by atoms with Gasteiger partial charge in [-0.05, 0) is 40.8 Å². The first-order chi connectivity index (χ1) is 18.8. The molecule has 40 heavy (non-hydrogen) atoms. The van der Waals surface area contributed by atoms with Gasteiger partial charge in [-0.3, -0.25) is 14.2 Å². The summed E-state index contributed by atoms with van der Waals surface area (Å²) in [5, 5.41) is 18.6. The van der Waals surface area contributed by atoms with Crippen LogP contribution in [0.15, 0.2) is 64.0 Å². The fourth-order valence-corrected chi connectivity index (χ4v) is 4.28. The van der Waals surface area contributed by atoms with Crippen molar-refractivity contribution in [2.75, 3.05) is 0 Å². The van der Waals surface area contributed by atoms with Gasteiger partial charge < -0.3 is 9.52 Å². The summed E-state index contributed by atoms with van der Waals surface area (Å²) in [5.41, 5.74) is -2.38. The van der Waals surface area contributed by atoms with Crippen LogP contribution >= 0.6 is 0 Å². The van der Waals surface area contributed by atoms with Crippen LogP contribution in [-0.2, 0) is 23.9 Å². The van der Waals surface area contributed by atoms with Gasteiger partial charge in [0.25, 0.3) is 5.56 Å². The molecule has 0 saturated heterocycles. The van der Waals surface area contributed by atoms with Crippen molar-refractivity contribution in [1.82, 2.24) is 4.57 Å². The van der Waals surface area contributed by atoms with E-state index in [2.05, 4.69) is 0 Å². The van der Waals surface area contributed by atoms with Gasteiger partial charge in [-0.2, -0.15) is 18.4 Å². The van der Waals surface area contributed by atoms with E-state index < -0.39 is 52.7 Å². The minimum Gasteiger partial charge on any atom is -0.481 e.